The maximum Gasteiger partial charge on any atom is 0.226 e. The second-order valence-corrected chi connectivity index (χ2v) is 9.97. The van der Waals surface area contributed by atoms with Gasteiger partial charge in [0.1, 0.15) is 17.6 Å². The Labute approximate surface area is 230 Å². The molecule has 0 radical (unpaired) electrons. The number of rotatable bonds is 7. The highest BCUT2D eigenvalue weighted by molar-refractivity contribution is 7.80. The van der Waals surface area contributed by atoms with Crippen molar-refractivity contribution < 1.29 is 9.21 Å². The summed E-state index contributed by atoms with van der Waals surface area (Å²) in [5.74, 6) is 1.26. The van der Waals surface area contributed by atoms with E-state index in [1.54, 1.807) is 18.3 Å². The number of anilines is 1. The van der Waals surface area contributed by atoms with Gasteiger partial charge in [0.05, 0.1) is 21.8 Å². The third-order valence-electron chi connectivity index (χ3n) is 6.32. The van der Waals surface area contributed by atoms with Crippen molar-refractivity contribution in [1.82, 2.24) is 15.2 Å². The molecule has 5 rings (SSSR count). The summed E-state index contributed by atoms with van der Waals surface area (Å²) >= 11 is 18.0. The highest BCUT2D eigenvalue weighted by atomic mass is 35.5. The van der Waals surface area contributed by atoms with Gasteiger partial charge in [-0.3, -0.25) is 9.78 Å². The lowest BCUT2D eigenvalue weighted by atomic mass is 10.0. The van der Waals surface area contributed by atoms with Crippen molar-refractivity contribution in [2.75, 3.05) is 11.9 Å². The fourth-order valence-electron chi connectivity index (χ4n) is 4.42. The molecule has 3 heterocycles. The molecule has 37 heavy (non-hydrogen) atoms. The summed E-state index contributed by atoms with van der Waals surface area (Å²) in [5.41, 5.74) is 3.45. The van der Waals surface area contributed by atoms with Crippen molar-refractivity contribution >= 4 is 52.1 Å². The van der Waals surface area contributed by atoms with Gasteiger partial charge in [-0.1, -0.05) is 47.5 Å². The minimum absolute atomic E-state index is 0.0897. The topological polar surface area (TPSA) is 70.4 Å². The number of para-hydroxylation sites is 1. The van der Waals surface area contributed by atoms with Gasteiger partial charge >= 0.3 is 0 Å². The Morgan fingerprint density at radius 3 is 2.65 bits per heavy atom. The van der Waals surface area contributed by atoms with Gasteiger partial charge < -0.3 is 20.0 Å². The van der Waals surface area contributed by atoms with E-state index in [9.17, 15) is 4.79 Å². The first-order valence-corrected chi connectivity index (χ1v) is 13.0. The van der Waals surface area contributed by atoms with Crippen molar-refractivity contribution in [2.24, 2.45) is 0 Å². The number of benzene rings is 2. The van der Waals surface area contributed by atoms with E-state index in [0.717, 1.165) is 22.5 Å². The van der Waals surface area contributed by atoms with Crippen LogP contribution in [0.5, 0.6) is 0 Å². The number of pyridine rings is 1. The van der Waals surface area contributed by atoms with E-state index in [0.29, 0.717) is 33.2 Å². The number of hydrogen-bond donors (Lipinski definition) is 2. The molecule has 0 saturated carbocycles. The molecule has 1 aliphatic heterocycles. The van der Waals surface area contributed by atoms with Crippen molar-refractivity contribution in [3.8, 4) is 11.3 Å². The standard InChI is InChI=1S/C28H24Cl2N4O2S/c1-17-6-2-3-7-21(17)32-25(35)13-15-34-27(26(33-28(34)37)22-8-4-5-14-31-22)24-12-11-23(36-24)18-9-10-19(29)20(30)16-18/h2-12,14,16,26-27H,13,15H2,1H3,(H,32,35)(H,33,37)/t26-,27+/m1/s1. The number of aromatic nitrogens is 1. The van der Waals surface area contributed by atoms with Crippen LogP contribution in [0, 0.1) is 6.92 Å². The number of aryl methyl sites for hydroxylation is 1. The van der Waals surface area contributed by atoms with Crippen LogP contribution in [0.2, 0.25) is 10.0 Å². The van der Waals surface area contributed by atoms with Gasteiger partial charge in [0.2, 0.25) is 5.91 Å². The molecule has 1 saturated heterocycles. The van der Waals surface area contributed by atoms with Gasteiger partial charge in [-0.25, -0.2) is 0 Å². The van der Waals surface area contributed by atoms with Crippen molar-refractivity contribution in [2.45, 2.75) is 25.4 Å². The predicted molar refractivity (Wildman–Crippen MR) is 151 cm³/mol. The SMILES string of the molecule is Cc1ccccc1NC(=O)CCN1C(=S)N[C@H](c2ccccn2)[C@@H]1c1ccc(-c2ccc(Cl)c(Cl)c2)o1. The number of furan rings is 1. The molecule has 0 spiro atoms. The fourth-order valence-corrected chi connectivity index (χ4v) is 5.05. The van der Waals surface area contributed by atoms with Gasteiger partial charge in [0.15, 0.2) is 5.11 Å². The van der Waals surface area contributed by atoms with Crippen LogP contribution < -0.4 is 10.6 Å². The molecule has 0 bridgehead atoms. The van der Waals surface area contributed by atoms with E-state index in [-0.39, 0.29) is 24.4 Å². The molecule has 2 atom stereocenters. The molecule has 1 amide bonds. The van der Waals surface area contributed by atoms with E-state index in [4.69, 9.17) is 39.8 Å². The average molecular weight is 551 g/mol. The maximum atomic E-state index is 12.8. The molecule has 9 heteroatoms. The molecule has 4 aromatic rings. The summed E-state index contributed by atoms with van der Waals surface area (Å²) in [5, 5.41) is 7.85. The third kappa shape index (κ3) is 5.49. The molecule has 1 fully saturated rings. The lowest BCUT2D eigenvalue weighted by Crippen LogP contribution is -2.32. The Balaban J connectivity index is 1.41. The quantitative estimate of drug-likeness (QED) is 0.242. The largest absolute Gasteiger partial charge is 0.459 e. The number of halogens is 2. The summed E-state index contributed by atoms with van der Waals surface area (Å²) in [7, 11) is 0. The van der Waals surface area contributed by atoms with E-state index >= 15 is 0 Å². The van der Waals surface area contributed by atoms with Crippen LogP contribution >= 0.6 is 35.4 Å². The number of hydrogen-bond acceptors (Lipinski definition) is 4. The van der Waals surface area contributed by atoms with E-state index in [1.165, 1.54) is 0 Å². The number of thiocarbonyl (C=S) groups is 1. The monoisotopic (exact) mass is 550 g/mol. The van der Waals surface area contributed by atoms with Crippen LogP contribution in [-0.2, 0) is 4.79 Å². The van der Waals surface area contributed by atoms with Crippen LogP contribution in [0.1, 0.15) is 35.5 Å². The second kappa shape index (κ2) is 10.9. The Morgan fingerprint density at radius 2 is 1.89 bits per heavy atom. The minimum Gasteiger partial charge on any atom is -0.459 e. The molecule has 2 N–H and O–H groups in total. The summed E-state index contributed by atoms with van der Waals surface area (Å²) in [6.45, 7) is 2.37. The van der Waals surface area contributed by atoms with Crippen LogP contribution in [0.25, 0.3) is 11.3 Å². The Bertz CT molecular complexity index is 1440. The van der Waals surface area contributed by atoms with E-state index in [1.807, 2.05) is 72.5 Å². The Morgan fingerprint density at radius 1 is 1.08 bits per heavy atom. The first kappa shape index (κ1) is 25.3. The molecule has 0 aliphatic carbocycles. The summed E-state index contributed by atoms with van der Waals surface area (Å²) in [6.07, 6.45) is 2.00. The highest BCUT2D eigenvalue weighted by Gasteiger charge is 2.41. The molecular weight excluding hydrogens is 527 g/mol. The van der Waals surface area contributed by atoms with Crippen LogP contribution in [0.15, 0.2) is 83.4 Å². The molecule has 2 aromatic heterocycles. The van der Waals surface area contributed by atoms with Crippen molar-refractivity contribution in [1.29, 1.82) is 0 Å². The Hall–Kier alpha value is -3.39. The normalized spacial score (nSPS) is 17.1. The van der Waals surface area contributed by atoms with Gasteiger partial charge in [-0.05, 0) is 73.2 Å². The third-order valence-corrected chi connectivity index (χ3v) is 7.41. The minimum atomic E-state index is -0.301. The average Bonchev–Trinajstić information content (AvgIpc) is 3.51. The molecule has 2 aromatic carbocycles. The molecule has 0 unspecified atom stereocenters. The number of nitrogens with zero attached hydrogens (tertiary/aromatic N) is 2. The van der Waals surface area contributed by atoms with Gasteiger partial charge in [-0.15, -0.1) is 0 Å². The molecule has 1 aliphatic rings. The van der Waals surface area contributed by atoms with Crippen LogP contribution in [0.3, 0.4) is 0 Å². The Kier molecular flexibility index (Phi) is 7.46. The maximum absolute atomic E-state index is 12.8. The predicted octanol–water partition coefficient (Wildman–Crippen LogP) is 6.96. The second-order valence-electron chi connectivity index (χ2n) is 8.76. The zero-order chi connectivity index (χ0) is 25.9. The highest BCUT2D eigenvalue weighted by Crippen LogP contribution is 2.41. The zero-order valence-corrected chi connectivity index (χ0v) is 22.3. The lowest BCUT2D eigenvalue weighted by molar-refractivity contribution is -0.116. The molecular formula is C28H24Cl2N4O2S. The first-order valence-electron chi connectivity index (χ1n) is 11.8. The number of amides is 1. The summed E-state index contributed by atoms with van der Waals surface area (Å²) in [6, 6.07) is 22.1. The van der Waals surface area contributed by atoms with Gasteiger partial charge in [-0.2, -0.15) is 0 Å². The number of carbonyl (C=O) groups is 1. The van der Waals surface area contributed by atoms with Gasteiger partial charge in [0, 0.05) is 30.4 Å². The summed E-state index contributed by atoms with van der Waals surface area (Å²) < 4.78 is 6.33. The van der Waals surface area contributed by atoms with Crippen LogP contribution in [0.4, 0.5) is 5.69 Å². The molecule has 6 nitrogen and oxygen atoms in total. The lowest BCUT2D eigenvalue weighted by Gasteiger charge is -2.26. The fraction of sp³-hybridized carbons (Fsp3) is 0.179. The first-order chi connectivity index (χ1) is 17.9. The number of carbonyl (C=O) groups excluding carboxylic acids is 1. The van der Waals surface area contributed by atoms with E-state index in [2.05, 4.69) is 15.6 Å². The summed E-state index contributed by atoms with van der Waals surface area (Å²) in [4.78, 5) is 19.4. The van der Waals surface area contributed by atoms with E-state index < -0.39 is 0 Å². The van der Waals surface area contributed by atoms with Gasteiger partial charge in [0.25, 0.3) is 0 Å². The smallest absolute Gasteiger partial charge is 0.226 e. The van der Waals surface area contributed by atoms with Crippen molar-refractivity contribution in [3.63, 3.8) is 0 Å². The van der Waals surface area contributed by atoms with Crippen LogP contribution in [-0.4, -0.2) is 27.4 Å². The molecule has 188 valence electrons. The number of nitrogens with one attached hydrogen (secondary N) is 2. The zero-order valence-electron chi connectivity index (χ0n) is 19.9. The van der Waals surface area contributed by atoms with Crippen molar-refractivity contribution in [3.05, 3.63) is 106 Å².